The minimum Gasteiger partial charge on any atom is -0.461 e. The molecule has 5 rings (SSSR count). The van der Waals surface area contributed by atoms with Crippen LogP contribution in [0.2, 0.25) is 0 Å². The molecule has 4 aliphatic carbocycles. The highest BCUT2D eigenvalue weighted by Gasteiger charge is 2.67. The average molecular weight is 560 g/mol. The first-order valence-corrected chi connectivity index (χ1v) is 15.4. The molecular weight excluding hydrogens is 510 g/mol. The fraction of sp³-hybridized carbons (Fsp3) is 0.844. The van der Waals surface area contributed by atoms with Crippen LogP contribution in [0.15, 0.2) is 11.6 Å². The topological polar surface area (TPSA) is 111 Å². The maximum absolute atomic E-state index is 12.8. The van der Waals surface area contributed by atoms with Crippen molar-refractivity contribution in [2.75, 3.05) is 13.3 Å². The Morgan fingerprint density at radius 3 is 2.52 bits per heavy atom. The number of aliphatic hydroxyl groups is 1. The van der Waals surface area contributed by atoms with E-state index in [0.717, 1.165) is 63.4 Å². The van der Waals surface area contributed by atoms with Crippen molar-refractivity contribution >= 4 is 17.9 Å². The van der Waals surface area contributed by atoms with Gasteiger partial charge in [-0.25, -0.2) is 4.79 Å². The molecule has 3 unspecified atom stereocenters. The summed E-state index contributed by atoms with van der Waals surface area (Å²) in [4.78, 5) is 36.6. The molecule has 9 atom stereocenters. The Morgan fingerprint density at radius 2 is 1.85 bits per heavy atom. The third-order valence-corrected chi connectivity index (χ3v) is 11.8. The first kappa shape index (κ1) is 29.6. The molecule has 0 spiro atoms. The Labute approximate surface area is 239 Å². The Hall–Kier alpha value is -1.93. The number of hydrogen-bond acceptors (Lipinski definition) is 8. The maximum Gasteiger partial charge on any atom is 0.331 e. The van der Waals surface area contributed by atoms with Crippen LogP contribution in [0.3, 0.4) is 0 Å². The van der Waals surface area contributed by atoms with E-state index < -0.39 is 17.1 Å². The highest BCUT2D eigenvalue weighted by Crippen LogP contribution is 2.70. The second kappa shape index (κ2) is 10.4. The molecule has 8 heteroatoms. The smallest absolute Gasteiger partial charge is 0.331 e. The predicted molar refractivity (Wildman–Crippen MR) is 149 cm³/mol. The van der Waals surface area contributed by atoms with Gasteiger partial charge in [0, 0.05) is 11.5 Å². The van der Waals surface area contributed by atoms with Gasteiger partial charge in [0.05, 0.1) is 11.0 Å². The molecule has 0 aromatic heterocycles. The van der Waals surface area contributed by atoms with Gasteiger partial charge in [0.25, 0.3) is 0 Å². The third-order valence-electron chi connectivity index (χ3n) is 11.8. The van der Waals surface area contributed by atoms with E-state index in [9.17, 15) is 19.5 Å². The van der Waals surface area contributed by atoms with E-state index in [4.69, 9.17) is 14.2 Å². The summed E-state index contributed by atoms with van der Waals surface area (Å²) in [6.07, 6.45) is 10.0. The number of hydrogen-bond donors (Lipinski definition) is 2. The van der Waals surface area contributed by atoms with Gasteiger partial charge in [0.1, 0.15) is 25.5 Å². The van der Waals surface area contributed by atoms with E-state index in [2.05, 4.69) is 19.2 Å². The SMILES string of the molecule is C[C@H](NCOC(=O)C(C)(C)C)C(=O)OC1CC[C@@]2(C)C(CC[C@@H]3[C@@H]2CC[C@]2(C)[C@@H](C4=CC(=O)OC4)CCC32O)C1. The molecule has 1 aliphatic heterocycles. The fourth-order valence-corrected chi connectivity index (χ4v) is 9.28. The van der Waals surface area contributed by atoms with Crippen molar-refractivity contribution in [3.8, 4) is 0 Å². The number of carbonyl (C=O) groups excluding carboxylic acids is 3. The summed E-state index contributed by atoms with van der Waals surface area (Å²) in [6, 6.07) is -0.562. The zero-order valence-corrected chi connectivity index (χ0v) is 25.2. The molecule has 8 nitrogen and oxygen atoms in total. The number of nitrogens with one attached hydrogen (secondary N) is 1. The Morgan fingerprint density at radius 1 is 1.10 bits per heavy atom. The van der Waals surface area contributed by atoms with E-state index >= 15 is 0 Å². The highest BCUT2D eigenvalue weighted by atomic mass is 16.6. The van der Waals surface area contributed by atoms with Gasteiger partial charge in [-0.1, -0.05) is 13.8 Å². The average Bonchev–Trinajstić information content (AvgIpc) is 3.43. The lowest BCUT2D eigenvalue weighted by atomic mass is 9.43. The zero-order valence-electron chi connectivity index (χ0n) is 25.2. The number of cyclic esters (lactones) is 1. The summed E-state index contributed by atoms with van der Waals surface area (Å²) < 4.78 is 16.4. The first-order chi connectivity index (χ1) is 18.7. The Balaban J connectivity index is 1.19. The van der Waals surface area contributed by atoms with Gasteiger partial charge in [-0.15, -0.1) is 0 Å². The summed E-state index contributed by atoms with van der Waals surface area (Å²) in [5.74, 6) is 0.509. The van der Waals surface area contributed by atoms with E-state index in [1.807, 2.05) is 0 Å². The lowest BCUT2D eigenvalue weighted by molar-refractivity contribution is -0.210. The lowest BCUT2D eigenvalue weighted by Gasteiger charge is -2.63. The largest absolute Gasteiger partial charge is 0.461 e. The van der Waals surface area contributed by atoms with Gasteiger partial charge in [-0.05, 0) is 120 Å². The molecule has 0 saturated heterocycles. The van der Waals surface area contributed by atoms with Gasteiger partial charge in [-0.2, -0.15) is 0 Å². The summed E-state index contributed by atoms with van der Waals surface area (Å²) in [5, 5.41) is 15.3. The monoisotopic (exact) mass is 559 g/mol. The molecule has 5 aliphatic rings. The van der Waals surface area contributed by atoms with E-state index in [0.29, 0.717) is 18.4 Å². The standard InChI is InChI=1S/C32H49NO7/c1-19(33-18-39-28(36)29(2,3)4)27(35)40-22-9-12-30(5)21(16-22)7-8-25-24(30)10-13-31(6)23(11-14-32(25,31)37)20-15-26(34)38-17-20/h15,19,21-25,33,37H,7-14,16-18H2,1-6H3/t19-,21?,22?,23+,24-,25+,30-,31+,32?/m0/s1. The maximum atomic E-state index is 12.8. The molecule has 0 aromatic carbocycles. The normalized spacial score (nSPS) is 41.6. The van der Waals surface area contributed by atoms with Crippen LogP contribution in [0, 0.1) is 39.9 Å². The molecule has 40 heavy (non-hydrogen) atoms. The molecule has 0 aromatic rings. The van der Waals surface area contributed by atoms with Crippen LogP contribution in [-0.2, 0) is 28.6 Å². The number of ether oxygens (including phenoxy) is 3. The fourth-order valence-electron chi connectivity index (χ4n) is 9.28. The van der Waals surface area contributed by atoms with Crippen molar-refractivity contribution in [3.63, 3.8) is 0 Å². The highest BCUT2D eigenvalue weighted by molar-refractivity contribution is 5.85. The van der Waals surface area contributed by atoms with Crippen molar-refractivity contribution in [2.24, 2.45) is 39.9 Å². The molecule has 1 heterocycles. The van der Waals surface area contributed by atoms with Crippen LogP contribution in [0.5, 0.6) is 0 Å². The van der Waals surface area contributed by atoms with Gasteiger partial charge < -0.3 is 19.3 Å². The minimum absolute atomic E-state index is 0.0237. The van der Waals surface area contributed by atoms with Crippen molar-refractivity contribution in [3.05, 3.63) is 11.6 Å². The number of carbonyl (C=O) groups is 3. The Bertz CT molecular complexity index is 1060. The van der Waals surface area contributed by atoms with Crippen LogP contribution in [0.25, 0.3) is 0 Å². The summed E-state index contributed by atoms with van der Waals surface area (Å²) >= 11 is 0. The van der Waals surface area contributed by atoms with E-state index in [-0.39, 0.29) is 53.4 Å². The number of esters is 3. The lowest BCUT2D eigenvalue weighted by Crippen LogP contribution is -2.62. The molecular formula is C32H49NO7. The van der Waals surface area contributed by atoms with Gasteiger partial charge in [-0.3, -0.25) is 14.9 Å². The minimum atomic E-state index is -0.720. The molecule has 4 fully saturated rings. The Kier molecular flexibility index (Phi) is 7.69. The van der Waals surface area contributed by atoms with Crippen LogP contribution in [0.1, 0.15) is 99.3 Å². The summed E-state index contributed by atoms with van der Waals surface area (Å²) in [6.45, 7) is 12.1. The van der Waals surface area contributed by atoms with Crippen molar-refractivity contribution in [1.29, 1.82) is 0 Å². The molecule has 224 valence electrons. The third kappa shape index (κ3) is 4.91. The molecule has 0 bridgehead atoms. The quantitative estimate of drug-likeness (QED) is 0.274. The van der Waals surface area contributed by atoms with Crippen molar-refractivity contribution in [2.45, 2.75) is 117 Å². The van der Waals surface area contributed by atoms with Gasteiger partial charge in [0.15, 0.2) is 0 Å². The van der Waals surface area contributed by atoms with Crippen LogP contribution < -0.4 is 5.32 Å². The molecule has 0 amide bonds. The molecule has 0 radical (unpaired) electrons. The molecule has 4 saturated carbocycles. The van der Waals surface area contributed by atoms with Gasteiger partial charge >= 0.3 is 17.9 Å². The van der Waals surface area contributed by atoms with Crippen LogP contribution >= 0.6 is 0 Å². The predicted octanol–water partition coefficient (Wildman–Crippen LogP) is 4.68. The zero-order chi connectivity index (χ0) is 29.1. The first-order valence-electron chi connectivity index (χ1n) is 15.4. The second-order valence-electron chi connectivity index (χ2n) is 14.9. The van der Waals surface area contributed by atoms with Crippen molar-refractivity contribution < 1.29 is 33.7 Å². The summed E-state index contributed by atoms with van der Waals surface area (Å²) in [5.41, 5.74) is -0.345. The van der Waals surface area contributed by atoms with Crippen LogP contribution in [-0.4, -0.2) is 54.1 Å². The number of rotatable bonds is 6. The van der Waals surface area contributed by atoms with E-state index in [1.54, 1.807) is 33.8 Å². The van der Waals surface area contributed by atoms with Crippen molar-refractivity contribution in [1.82, 2.24) is 5.32 Å². The van der Waals surface area contributed by atoms with Crippen LogP contribution in [0.4, 0.5) is 0 Å². The van der Waals surface area contributed by atoms with Gasteiger partial charge in [0.2, 0.25) is 0 Å². The second-order valence-corrected chi connectivity index (χ2v) is 14.9. The number of fused-ring (bicyclic) bond motifs is 5. The van der Waals surface area contributed by atoms with E-state index in [1.165, 1.54) is 0 Å². The summed E-state index contributed by atoms with van der Waals surface area (Å²) in [7, 11) is 0. The molecule has 2 N–H and O–H groups in total.